The van der Waals surface area contributed by atoms with E-state index in [2.05, 4.69) is 4.62 Å². The minimum atomic E-state index is -4.63. The van der Waals surface area contributed by atoms with Crippen molar-refractivity contribution >= 4 is 18.7 Å². The molecule has 2 rings (SSSR count). The SMILES string of the molecule is O=P(O)(O)On1cc(O)c2ccccc21. The molecular formula is C8H8NO5P. The number of benzene rings is 1. The van der Waals surface area contributed by atoms with Gasteiger partial charge in [-0.2, -0.15) is 4.73 Å². The molecule has 15 heavy (non-hydrogen) atoms. The molecule has 2 aromatic rings. The first-order valence-corrected chi connectivity index (χ1v) is 5.55. The van der Waals surface area contributed by atoms with Crippen molar-refractivity contribution in [2.75, 3.05) is 0 Å². The van der Waals surface area contributed by atoms with E-state index in [1.807, 2.05) is 0 Å². The van der Waals surface area contributed by atoms with Crippen LogP contribution in [0, 0.1) is 0 Å². The van der Waals surface area contributed by atoms with Crippen LogP contribution in [0.1, 0.15) is 0 Å². The molecule has 0 atom stereocenters. The Morgan fingerprint density at radius 2 is 1.93 bits per heavy atom. The van der Waals surface area contributed by atoms with Gasteiger partial charge < -0.3 is 9.73 Å². The highest BCUT2D eigenvalue weighted by Crippen LogP contribution is 2.35. The Morgan fingerprint density at radius 3 is 2.60 bits per heavy atom. The van der Waals surface area contributed by atoms with Gasteiger partial charge in [0, 0.05) is 5.39 Å². The highest BCUT2D eigenvalue weighted by molar-refractivity contribution is 7.46. The molecule has 1 aromatic heterocycles. The molecule has 80 valence electrons. The number of rotatable bonds is 2. The number of hydrogen-bond acceptors (Lipinski definition) is 3. The Morgan fingerprint density at radius 1 is 1.27 bits per heavy atom. The van der Waals surface area contributed by atoms with Crippen molar-refractivity contribution in [1.82, 2.24) is 4.73 Å². The third kappa shape index (κ3) is 1.97. The van der Waals surface area contributed by atoms with Gasteiger partial charge in [0.15, 0.2) is 0 Å². The first-order valence-electron chi connectivity index (χ1n) is 4.02. The molecule has 7 heteroatoms. The van der Waals surface area contributed by atoms with Crippen LogP contribution in [-0.2, 0) is 4.57 Å². The van der Waals surface area contributed by atoms with Crippen LogP contribution in [0.4, 0.5) is 0 Å². The summed E-state index contributed by atoms with van der Waals surface area (Å²) in [5, 5.41) is 9.90. The summed E-state index contributed by atoms with van der Waals surface area (Å²) in [7, 11) is -4.63. The van der Waals surface area contributed by atoms with Gasteiger partial charge in [0.1, 0.15) is 5.75 Å². The first-order chi connectivity index (χ1) is 6.97. The van der Waals surface area contributed by atoms with E-state index in [0.29, 0.717) is 10.9 Å². The van der Waals surface area contributed by atoms with Gasteiger partial charge in [0.25, 0.3) is 0 Å². The number of hydrogen-bond donors (Lipinski definition) is 3. The van der Waals surface area contributed by atoms with Crippen molar-refractivity contribution in [2.24, 2.45) is 0 Å². The van der Waals surface area contributed by atoms with Crippen LogP contribution >= 0.6 is 7.82 Å². The summed E-state index contributed by atoms with van der Waals surface area (Å²) in [4.78, 5) is 17.3. The molecule has 0 aliphatic carbocycles. The summed E-state index contributed by atoms with van der Waals surface area (Å²) < 4.78 is 15.8. The van der Waals surface area contributed by atoms with E-state index >= 15 is 0 Å². The van der Waals surface area contributed by atoms with E-state index in [4.69, 9.17) is 9.79 Å². The fourth-order valence-corrected chi connectivity index (χ4v) is 1.68. The lowest BCUT2D eigenvalue weighted by Crippen LogP contribution is -2.06. The Balaban J connectivity index is 2.58. The maximum absolute atomic E-state index is 10.6. The average Bonchev–Trinajstić information content (AvgIpc) is 2.42. The monoisotopic (exact) mass is 229 g/mol. The van der Waals surface area contributed by atoms with Crippen molar-refractivity contribution < 1.29 is 24.1 Å². The molecular weight excluding hydrogens is 221 g/mol. The topological polar surface area (TPSA) is 91.9 Å². The highest BCUT2D eigenvalue weighted by atomic mass is 31.2. The molecule has 0 radical (unpaired) electrons. The number of phosphoric acid groups is 1. The zero-order valence-corrected chi connectivity index (χ0v) is 8.33. The summed E-state index contributed by atoms with van der Waals surface area (Å²) in [6, 6.07) is 6.56. The third-order valence-corrected chi connectivity index (χ3v) is 2.24. The summed E-state index contributed by atoms with van der Waals surface area (Å²) in [5.74, 6) is -0.0981. The molecule has 0 aliphatic rings. The molecule has 0 bridgehead atoms. The molecule has 3 N–H and O–H groups in total. The summed E-state index contributed by atoms with van der Waals surface area (Å²) in [6.45, 7) is 0. The molecule has 6 nitrogen and oxygen atoms in total. The van der Waals surface area contributed by atoms with E-state index in [-0.39, 0.29) is 5.75 Å². The van der Waals surface area contributed by atoms with Gasteiger partial charge in [-0.1, -0.05) is 12.1 Å². The quantitative estimate of drug-likeness (QED) is 0.664. The van der Waals surface area contributed by atoms with Gasteiger partial charge in [-0.05, 0) is 12.1 Å². The van der Waals surface area contributed by atoms with E-state index in [1.165, 1.54) is 0 Å². The Labute approximate surface area is 84.5 Å². The summed E-state index contributed by atoms with van der Waals surface area (Å²) >= 11 is 0. The van der Waals surface area contributed by atoms with Crippen molar-refractivity contribution in [3.05, 3.63) is 30.5 Å². The number of aromatic nitrogens is 1. The zero-order chi connectivity index (χ0) is 11.1. The molecule has 1 heterocycles. The third-order valence-electron chi connectivity index (χ3n) is 1.85. The van der Waals surface area contributed by atoms with E-state index in [1.54, 1.807) is 24.3 Å². The van der Waals surface area contributed by atoms with Gasteiger partial charge in [0.2, 0.25) is 0 Å². The fraction of sp³-hybridized carbons (Fsp3) is 0. The average molecular weight is 229 g/mol. The number of aromatic hydroxyl groups is 1. The molecule has 0 aliphatic heterocycles. The van der Waals surface area contributed by atoms with Crippen LogP contribution in [0.15, 0.2) is 30.5 Å². The molecule has 0 spiro atoms. The van der Waals surface area contributed by atoms with Crippen LogP contribution in [0.3, 0.4) is 0 Å². The predicted octanol–water partition coefficient (Wildman–Crippen LogP) is 0.868. The lowest BCUT2D eigenvalue weighted by atomic mass is 10.2. The van der Waals surface area contributed by atoms with Gasteiger partial charge in [-0.3, -0.25) is 9.79 Å². The molecule has 0 fully saturated rings. The lowest BCUT2D eigenvalue weighted by Gasteiger charge is -2.07. The van der Waals surface area contributed by atoms with Crippen molar-refractivity contribution in [3.63, 3.8) is 0 Å². The Kier molecular flexibility index (Phi) is 2.19. The van der Waals surface area contributed by atoms with Gasteiger partial charge in [0.05, 0.1) is 11.7 Å². The van der Waals surface area contributed by atoms with Gasteiger partial charge in [-0.25, -0.2) is 4.57 Å². The van der Waals surface area contributed by atoms with Gasteiger partial charge in [-0.15, -0.1) is 0 Å². The molecule has 0 unspecified atom stereocenters. The molecule has 0 amide bonds. The summed E-state index contributed by atoms with van der Waals surface area (Å²) in [6.07, 6.45) is 1.10. The minimum absolute atomic E-state index is 0.0981. The van der Waals surface area contributed by atoms with Crippen LogP contribution in [0.25, 0.3) is 10.9 Å². The van der Waals surface area contributed by atoms with Crippen molar-refractivity contribution in [2.45, 2.75) is 0 Å². The maximum atomic E-state index is 10.6. The van der Waals surface area contributed by atoms with Gasteiger partial charge >= 0.3 is 7.82 Å². The van der Waals surface area contributed by atoms with Crippen LogP contribution < -0.4 is 4.62 Å². The van der Waals surface area contributed by atoms with Crippen LogP contribution in [-0.4, -0.2) is 19.6 Å². The van der Waals surface area contributed by atoms with Crippen LogP contribution in [0.2, 0.25) is 0 Å². The maximum Gasteiger partial charge on any atom is 0.543 e. The molecule has 1 aromatic carbocycles. The standard InChI is InChI=1S/C8H8NO5P/c10-8-5-9(14-15(11,12)13)7-4-2-1-3-6(7)8/h1-5,10H,(H2,11,12,13). The second-order valence-electron chi connectivity index (χ2n) is 2.93. The Bertz CT molecular complexity index is 543. The minimum Gasteiger partial charge on any atom is -0.506 e. The number of nitrogens with zero attached hydrogens (tertiary/aromatic N) is 1. The predicted molar refractivity (Wildman–Crippen MR) is 52.2 cm³/mol. The molecule has 0 saturated carbocycles. The van der Waals surface area contributed by atoms with E-state index in [0.717, 1.165) is 10.9 Å². The first kappa shape index (κ1) is 10.0. The van der Waals surface area contributed by atoms with Crippen molar-refractivity contribution in [1.29, 1.82) is 0 Å². The zero-order valence-electron chi connectivity index (χ0n) is 7.44. The number of fused-ring (bicyclic) bond motifs is 1. The van der Waals surface area contributed by atoms with E-state index in [9.17, 15) is 9.67 Å². The number of para-hydroxylation sites is 1. The smallest absolute Gasteiger partial charge is 0.506 e. The van der Waals surface area contributed by atoms with Crippen LogP contribution in [0.5, 0.6) is 5.75 Å². The normalized spacial score (nSPS) is 11.9. The fourth-order valence-electron chi connectivity index (χ4n) is 1.31. The highest BCUT2D eigenvalue weighted by Gasteiger charge is 2.18. The second kappa shape index (κ2) is 3.27. The lowest BCUT2D eigenvalue weighted by molar-refractivity contribution is 0.184. The second-order valence-corrected chi connectivity index (χ2v) is 4.07. The summed E-state index contributed by atoms with van der Waals surface area (Å²) in [5.41, 5.74) is 0.387. The van der Waals surface area contributed by atoms with Crippen molar-refractivity contribution in [3.8, 4) is 5.75 Å². The van der Waals surface area contributed by atoms with E-state index < -0.39 is 7.82 Å². The largest absolute Gasteiger partial charge is 0.543 e. The molecule has 0 saturated heterocycles. The Hall–Kier alpha value is -1.49.